The molecular formula is C13H12N2O4. The van der Waals surface area contributed by atoms with Crippen LogP contribution in [0.3, 0.4) is 0 Å². The fraction of sp³-hybridized carbons (Fsp3) is 0.154. The van der Waals surface area contributed by atoms with E-state index in [1.54, 1.807) is 24.3 Å². The molecule has 0 saturated heterocycles. The minimum absolute atomic E-state index is 0.0242. The first kappa shape index (κ1) is 12.8. The minimum Gasteiger partial charge on any atom is -0.448 e. The largest absolute Gasteiger partial charge is 0.448 e. The average molecular weight is 260 g/mol. The molecule has 1 heterocycles. The molecule has 0 unspecified atom stereocenters. The number of benzene rings is 1. The SMILES string of the molecule is CC(=O)N(Cc1ccc([N+](=O)[O-])cc1)c1ccco1. The number of carbonyl (C=O) groups is 1. The predicted octanol–water partition coefficient (Wildman–Crippen LogP) is 2.74. The number of hydrogen-bond donors (Lipinski definition) is 0. The smallest absolute Gasteiger partial charge is 0.269 e. The summed E-state index contributed by atoms with van der Waals surface area (Å²) >= 11 is 0. The number of rotatable bonds is 4. The number of furan rings is 1. The Balaban J connectivity index is 2.18. The van der Waals surface area contributed by atoms with Gasteiger partial charge in [0.25, 0.3) is 5.69 Å². The van der Waals surface area contributed by atoms with E-state index in [0.29, 0.717) is 12.4 Å². The topological polar surface area (TPSA) is 76.6 Å². The molecule has 0 N–H and O–H groups in total. The molecule has 2 rings (SSSR count). The van der Waals surface area contributed by atoms with Gasteiger partial charge in [0.05, 0.1) is 17.7 Å². The van der Waals surface area contributed by atoms with Crippen LogP contribution in [0.1, 0.15) is 12.5 Å². The van der Waals surface area contributed by atoms with Crippen molar-refractivity contribution in [1.29, 1.82) is 0 Å². The standard InChI is InChI=1S/C13H12N2O4/c1-10(16)14(13-3-2-8-19-13)9-11-4-6-12(7-5-11)15(17)18/h2-8H,9H2,1H3. The molecule has 0 radical (unpaired) electrons. The molecule has 0 fully saturated rings. The molecule has 0 saturated carbocycles. The monoisotopic (exact) mass is 260 g/mol. The Morgan fingerprint density at radius 1 is 1.32 bits per heavy atom. The van der Waals surface area contributed by atoms with Crippen molar-refractivity contribution < 1.29 is 14.1 Å². The van der Waals surface area contributed by atoms with Crippen LogP contribution in [0, 0.1) is 10.1 Å². The van der Waals surface area contributed by atoms with Crippen molar-refractivity contribution in [2.75, 3.05) is 4.90 Å². The van der Waals surface area contributed by atoms with Crippen LogP contribution in [0.4, 0.5) is 11.6 Å². The van der Waals surface area contributed by atoms with Crippen LogP contribution < -0.4 is 4.90 Å². The van der Waals surface area contributed by atoms with E-state index < -0.39 is 4.92 Å². The maximum absolute atomic E-state index is 11.6. The lowest BCUT2D eigenvalue weighted by atomic mass is 10.2. The van der Waals surface area contributed by atoms with Gasteiger partial charge in [0.2, 0.25) is 11.8 Å². The summed E-state index contributed by atoms with van der Waals surface area (Å²) in [7, 11) is 0. The van der Waals surface area contributed by atoms with Gasteiger partial charge in [0.15, 0.2) is 0 Å². The Hall–Kier alpha value is -2.63. The molecule has 0 atom stereocenters. The molecule has 0 spiro atoms. The van der Waals surface area contributed by atoms with Crippen molar-refractivity contribution in [3.63, 3.8) is 0 Å². The van der Waals surface area contributed by atoms with Crippen LogP contribution in [-0.4, -0.2) is 10.8 Å². The summed E-state index contributed by atoms with van der Waals surface area (Å²) < 4.78 is 5.19. The lowest BCUT2D eigenvalue weighted by Crippen LogP contribution is -2.27. The molecule has 0 aliphatic heterocycles. The van der Waals surface area contributed by atoms with Gasteiger partial charge >= 0.3 is 0 Å². The second-order valence-corrected chi connectivity index (χ2v) is 3.98. The van der Waals surface area contributed by atoms with Gasteiger partial charge in [0, 0.05) is 25.1 Å². The quantitative estimate of drug-likeness (QED) is 0.625. The van der Waals surface area contributed by atoms with Gasteiger partial charge in [-0.2, -0.15) is 0 Å². The van der Waals surface area contributed by atoms with E-state index in [-0.39, 0.29) is 11.6 Å². The molecule has 19 heavy (non-hydrogen) atoms. The number of hydrogen-bond acceptors (Lipinski definition) is 4. The number of nitro groups is 1. The van der Waals surface area contributed by atoms with Crippen molar-refractivity contribution in [2.24, 2.45) is 0 Å². The molecule has 6 nitrogen and oxygen atoms in total. The van der Waals surface area contributed by atoms with Crippen molar-refractivity contribution in [3.05, 3.63) is 58.3 Å². The summed E-state index contributed by atoms with van der Waals surface area (Å²) in [6, 6.07) is 9.45. The van der Waals surface area contributed by atoms with Crippen molar-refractivity contribution in [1.82, 2.24) is 0 Å². The Morgan fingerprint density at radius 3 is 2.47 bits per heavy atom. The highest BCUT2D eigenvalue weighted by atomic mass is 16.6. The molecule has 2 aromatic rings. The number of carbonyl (C=O) groups excluding carboxylic acids is 1. The first-order chi connectivity index (χ1) is 9.08. The van der Waals surface area contributed by atoms with Gasteiger partial charge in [-0.1, -0.05) is 12.1 Å². The van der Waals surface area contributed by atoms with E-state index in [4.69, 9.17) is 4.42 Å². The zero-order chi connectivity index (χ0) is 13.8. The van der Waals surface area contributed by atoms with E-state index >= 15 is 0 Å². The highest BCUT2D eigenvalue weighted by molar-refractivity contribution is 5.89. The number of non-ortho nitro benzene ring substituents is 1. The lowest BCUT2D eigenvalue weighted by molar-refractivity contribution is -0.384. The van der Waals surface area contributed by atoms with E-state index in [9.17, 15) is 14.9 Å². The normalized spacial score (nSPS) is 10.2. The fourth-order valence-corrected chi connectivity index (χ4v) is 1.67. The van der Waals surface area contributed by atoms with Crippen LogP contribution in [0.25, 0.3) is 0 Å². The number of nitrogens with zero attached hydrogens (tertiary/aromatic N) is 2. The fourth-order valence-electron chi connectivity index (χ4n) is 1.67. The van der Waals surface area contributed by atoms with Gasteiger partial charge in [-0.05, 0) is 11.6 Å². The zero-order valence-electron chi connectivity index (χ0n) is 10.3. The van der Waals surface area contributed by atoms with E-state index in [1.165, 1.54) is 30.2 Å². The molecule has 0 aliphatic carbocycles. The first-order valence-electron chi connectivity index (χ1n) is 5.63. The molecule has 1 aromatic carbocycles. The van der Waals surface area contributed by atoms with Crippen LogP contribution in [-0.2, 0) is 11.3 Å². The van der Waals surface area contributed by atoms with Gasteiger partial charge in [-0.15, -0.1) is 0 Å². The summed E-state index contributed by atoms with van der Waals surface area (Å²) in [5.41, 5.74) is 0.813. The summed E-state index contributed by atoms with van der Waals surface area (Å²) in [5, 5.41) is 10.6. The number of amides is 1. The maximum Gasteiger partial charge on any atom is 0.269 e. The summed E-state index contributed by atoms with van der Waals surface area (Å²) in [4.78, 5) is 23.1. The van der Waals surface area contributed by atoms with Gasteiger partial charge < -0.3 is 4.42 Å². The third-order valence-corrected chi connectivity index (χ3v) is 2.64. The van der Waals surface area contributed by atoms with Crippen molar-refractivity contribution in [2.45, 2.75) is 13.5 Å². The minimum atomic E-state index is -0.459. The third-order valence-electron chi connectivity index (χ3n) is 2.64. The Bertz CT molecular complexity index is 575. The third kappa shape index (κ3) is 2.98. The Morgan fingerprint density at radius 2 is 2.00 bits per heavy atom. The highest BCUT2D eigenvalue weighted by Gasteiger charge is 2.15. The first-order valence-corrected chi connectivity index (χ1v) is 5.63. The van der Waals surface area contributed by atoms with Crippen LogP contribution in [0.5, 0.6) is 0 Å². The maximum atomic E-state index is 11.6. The molecule has 0 aliphatic rings. The van der Waals surface area contributed by atoms with E-state index in [0.717, 1.165) is 5.56 Å². The highest BCUT2D eigenvalue weighted by Crippen LogP contribution is 2.19. The molecule has 98 valence electrons. The van der Waals surface area contributed by atoms with Crippen LogP contribution in [0.2, 0.25) is 0 Å². The van der Waals surface area contributed by atoms with E-state index in [1.807, 2.05) is 0 Å². The average Bonchev–Trinajstić information content (AvgIpc) is 2.89. The molecular weight excluding hydrogens is 248 g/mol. The lowest BCUT2D eigenvalue weighted by Gasteiger charge is -2.17. The summed E-state index contributed by atoms with van der Waals surface area (Å²) in [6.07, 6.45) is 1.49. The van der Waals surface area contributed by atoms with E-state index in [2.05, 4.69) is 0 Å². The molecule has 1 aromatic heterocycles. The van der Waals surface area contributed by atoms with Crippen molar-refractivity contribution >= 4 is 17.5 Å². The van der Waals surface area contributed by atoms with Gasteiger partial charge in [-0.3, -0.25) is 19.8 Å². The number of anilines is 1. The second kappa shape index (κ2) is 5.34. The molecule has 6 heteroatoms. The van der Waals surface area contributed by atoms with Gasteiger partial charge in [-0.25, -0.2) is 0 Å². The zero-order valence-corrected chi connectivity index (χ0v) is 10.3. The van der Waals surface area contributed by atoms with Gasteiger partial charge in [0.1, 0.15) is 0 Å². The van der Waals surface area contributed by atoms with Crippen molar-refractivity contribution in [3.8, 4) is 0 Å². The second-order valence-electron chi connectivity index (χ2n) is 3.98. The summed E-state index contributed by atoms with van der Waals surface area (Å²) in [6.45, 7) is 1.74. The number of nitro benzene ring substituents is 1. The Kier molecular flexibility index (Phi) is 3.61. The Labute approximate surface area is 109 Å². The molecule has 0 bridgehead atoms. The predicted molar refractivity (Wildman–Crippen MR) is 68.7 cm³/mol. The molecule has 1 amide bonds. The van der Waals surface area contributed by atoms with Crippen LogP contribution in [0.15, 0.2) is 47.1 Å². The van der Waals surface area contributed by atoms with Crippen LogP contribution >= 0.6 is 0 Å². The summed E-state index contributed by atoms with van der Waals surface area (Å²) in [5.74, 6) is 0.291.